The molecule has 0 spiro atoms. The van der Waals surface area contributed by atoms with E-state index < -0.39 is 0 Å². The number of nitrogens with zero attached hydrogens (tertiary/aromatic N) is 2. The fourth-order valence-corrected chi connectivity index (χ4v) is 2.98. The zero-order chi connectivity index (χ0) is 13.1. The van der Waals surface area contributed by atoms with Crippen molar-refractivity contribution in [3.05, 3.63) is 46.2 Å². The van der Waals surface area contributed by atoms with Gasteiger partial charge < -0.3 is 5.73 Å². The van der Waals surface area contributed by atoms with Gasteiger partial charge in [-0.3, -0.25) is 0 Å². The molecule has 5 heteroatoms. The molecule has 1 atom stereocenters. The third-order valence-corrected chi connectivity index (χ3v) is 3.88. The molecule has 2 aromatic rings. The molecule has 1 unspecified atom stereocenters. The van der Waals surface area contributed by atoms with Gasteiger partial charge in [0.25, 0.3) is 0 Å². The highest BCUT2D eigenvalue weighted by Gasteiger charge is 2.10. The monoisotopic (exact) mass is 323 g/mol. The first-order valence-corrected chi connectivity index (χ1v) is 7.19. The number of aromatic nitrogens is 2. The molecule has 18 heavy (non-hydrogen) atoms. The summed E-state index contributed by atoms with van der Waals surface area (Å²) >= 11 is 5.01. The summed E-state index contributed by atoms with van der Waals surface area (Å²) in [5.74, 6) is 0. The summed E-state index contributed by atoms with van der Waals surface area (Å²) in [5.41, 5.74) is 8.13. The van der Waals surface area contributed by atoms with Crippen LogP contribution >= 0.6 is 27.7 Å². The number of benzene rings is 1. The van der Waals surface area contributed by atoms with E-state index in [9.17, 15) is 0 Å². The smallest absolute Gasteiger partial charge is 0.192 e. The van der Waals surface area contributed by atoms with Gasteiger partial charge in [-0.15, -0.1) is 0 Å². The summed E-state index contributed by atoms with van der Waals surface area (Å²) in [4.78, 5) is 9.69. The molecule has 1 aromatic heterocycles. The molecule has 2 rings (SSSR count). The lowest BCUT2D eigenvalue weighted by Gasteiger charge is -2.12. The Labute approximate surface area is 119 Å². The largest absolute Gasteiger partial charge is 0.324 e. The van der Waals surface area contributed by atoms with Crippen LogP contribution in [-0.2, 0) is 0 Å². The van der Waals surface area contributed by atoms with Gasteiger partial charge in [0.2, 0.25) is 0 Å². The Morgan fingerprint density at radius 2 is 1.94 bits per heavy atom. The van der Waals surface area contributed by atoms with Crippen LogP contribution in [0.1, 0.15) is 24.1 Å². The van der Waals surface area contributed by atoms with Gasteiger partial charge in [-0.25, -0.2) is 9.97 Å². The molecular formula is C13H14BrN3S. The summed E-state index contributed by atoms with van der Waals surface area (Å²) in [6.07, 6.45) is 3.64. The van der Waals surface area contributed by atoms with Gasteiger partial charge in [0.05, 0.1) is 0 Å². The van der Waals surface area contributed by atoms with E-state index in [2.05, 4.69) is 25.9 Å². The maximum atomic E-state index is 5.97. The standard InChI is InChI=1S/C13H14BrN3S/c1-8-6-16-13(17-7-8)18-12-5-10(14)3-4-11(12)9(2)15/h3-7,9H,15H2,1-2H3. The molecule has 0 radical (unpaired) electrons. The van der Waals surface area contributed by atoms with Crippen LogP contribution in [0.4, 0.5) is 0 Å². The van der Waals surface area contributed by atoms with E-state index in [4.69, 9.17) is 5.73 Å². The van der Waals surface area contributed by atoms with Crippen molar-refractivity contribution in [3.8, 4) is 0 Å². The van der Waals surface area contributed by atoms with Crippen LogP contribution in [0.3, 0.4) is 0 Å². The Balaban J connectivity index is 2.32. The maximum absolute atomic E-state index is 5.97. The Morgan fingerprint density at radius 1 is 1.28 bits per heavy atom. The lowest BCUT2D eigenvalue weighted by Crippen LogP contribution is -2.06. The Kier molecular flexibility index (Phi) is 4.37. The Bertz CT molecular complexity index is 540. The van der Waals surface area contributed by atoms with Crippen LogP contribution in [0.2, 0.25) is 0 Å². The summed E-state index contributed by atoms with van der Waals surface area (Å²) in [5, 5.41) is 0.737. The zero-order valence-electron chi connectivity index (χ0n) is 10.2. The van der Waals surface area contributed by atoms with Gasteiger partial charge in [-0.05, 0) is 48.9 Å². The SMILES string of the molecule is Cc1cnc(Sc2cc(Br)ccc2C(C)N)nc1. The molecule has 1 heterocycles. The topological polar surface area (TPSA) is 51.8 Å². The highest BCUT2D eigenvalue weighted by atomic mass is 79.9. The molecule has 0 saturated heterocycles. The quantitative estimate of drug-likeness (QED) is 0.874. The lowest BCUT2D eigenvalue weighted by molar-refractivity contribution is 0.796. The maximum Gasteiger partial charge on any atom is 0.192 e. The van der Waals surface area contributed by atoms with E-state index in [-0.39, 0.29) is 6.04 Å². The second-order valence-electron chi connectivity index (χ2n) is 4.12. The molecule has 0 fully saturated rings. The Morgan fingerprint density at radius 3 is 2.56 bits per heavy atom. The Hall–Kier alpha value is -0.910. The van der Waals surface area contributed by atoms with Gasteiger partial charge in [-0.2, -0.15) is 0 Å². The van der Waals surface area contributed by atoms with Crippen molar-refractivity contribution in [1.82, 2.24) is 9.97 Å². The minimum atomic E-state index is -0.00829. The van der Waals surface area contributed by atoms with E-state index in [0.717, 1.165) is 25.7 Å². The van der Waals surface area contributed by atoms with E-state index in [1.54, 1.807) is 0 Å². The number of aryl methyl sites for hydroxylation is 1. The first kappa shape index (κ1) is 13.5. The molecule has 0 bridgehead atoms. The molecule has 0 aliphatic rings. The molecule has 0 amide bonds. The second kappa shape index (κ2) is 5.82. The number of halogens is 1. The van der Waals surface area contributed by atoms with E-state index in [1.807, 2.05) is 44.4 Å². The van der Waals surface area contributed by atoms with Gasteiger partial charge in [0, 0.05) is 27.8 Å². The molecular weight excluding hydrogens is 310 g/mol. The fraction of sp³-hybridized carbons (Fsp3) is 0.231. The minimum Gasteiger partial charge on any atom is -0.324 e. The molecule has 0 saturated carbocycles. The number of hydrogen-bond acceptors (Lipinski definition) is 4. The highest BCUT2D eigenvalue weighted by Crippen LogP contribution is 2.32. The second-order valence-corrected chi connectivity index (χ2v) is 6.04. The van der Waals surface area contributed by atoms with Crippen molar-refractivity contribution >= 4 is 27.7 Å². The molecule has 2 N–H and O–H groups in total. The van der Waals surface area contributed by atoms with Gasteiger partial charge in [-0.1, -0.05) is 22.0 Å². The average molecular weight is 324 g/mol. The van der Waals surface area contributed by atoms with Crippen molar-refractivity contribution < 1.29 is 0 Å². The first-order valence-electron chi connectivity index (χ1n) is 5.58. The van der Waals surface area contributed by atoms with Crippen LogP contribution in [0.15, 0.2) is 45.1 Å². The van der Waals surface area contributed by atoms with E-state index >= 15 is 0 Å². The average Bonchev–Trinajstić information content (AvgIpc) is 2.32. The van der Waals surface area contributed by atoms with E-state index in [1.165, 1.54) is 11.8 Å². The van der Waals surface area contributed by atoms with Crippen LogP contribution in [-0.4, -0.2) is 9.97 Å². The lowest BCUT2D eigenvalue weighted by atomic mass is 10.1. The van der Waals surface area contributed by atoms with Crippen molar-refractivity contribution in [2.75, 3.05) is 0 Å². The summed E-state index contributed by atoms with van der Waals surface area (Å²) in [7, 11) is 0. The number of nitrogens with two attached hydrogens (primary N) is 1. The van der Waals surface area contributed by atoms with Crippen LogP contribution < -0.4 is 5.73 Å². The van der Waals surface area contributed by atoms with Gasteiger partial charge in [0.1, 0.15) is 0 Å². The van der Waals surface area contributed by atoms with Crippen molar-refractivity contribution in [2.45, 2.75) is 29.9 Å². The third-order valence-electron chi connectivity index (χ3n) is 2.42. The predicted molar refractivity (Wildman–Crippen MR) is 77.6 cm³/mol. The normalized spacial score (nSPS) is 12.4. The highest BCUT2D eigenvalue weighted by molar-refractivity contribution is 9.10. The third kappa shape index (κ3) is 3.31. The molecule has 0 aliphatic carbocycles. The molecule has 94 valence electrons. The van der Waals surface area contributed by atoms with Crippen LogP contribution in [0.25, 0.3) is 0 Å². The summed E-state index contributed by atoms with van der Waals surface area (Å²) in [6, 6.07) is 6.07. The molecule has 1 aromatic carbocycles. The molecule has 3 nitrogen and oxygen atoms in total. The van der Waals surface area contributed by atoms with Crippen molar-refractivity contribution in [3.63, 3.8) is 0 Å². The predicted octanol–water partition coefficient (Wildman–Crippen LogP) is 3.72. The molecule has 0 aliphatic heterocycles. The van der Waals surface area contributed by atoms with E-state index in [0.29, 0.717) is 0 Å². The van der Waals surface area contributed by atoms with Crippen molar-refractivity contribution in [2.24, 2.45) is 5.73 Å². The summed E-state index contributed by atoms with van der Waals surface area (Å²) < 4.78 is 1.03. The zero-order valence-corrected chi connectivity index (χ0v) is 12.6. The number of rotatable bonds is 3. The minimum absolute atomic E-state index is 0.00829. The summed E-state index contributed by atoms with van der Waals surface area (Å²) in [6.45, 7) is 3.95. The van der Waals surface area contributed by atoms with Crippen LogP contribution in [0, 0.1) is 6.92 Å². The van der Waals surface area contributed by atoms with Gasteiger partial charge >= 0.3 is 0 Å². The van der Waals surface area contributed by atoms with Crippen LogP contribution in [0.5, 0.6) is 0 Å². The first-order chi connectivity index (χ1) is 8.56. The number of hydrogen-bond donors (Lipinski definition) is 1. The fourth-order valence-electron chi connectivity index (χ4n) is 1.50. The van der Waals surface area contributed by atoms with Gasteiger partial charge in [0.15, 0.2) is 5.16 Å². The van der Waals surface area contributed by atoms with Crippen molar-refractivity contribution in [1.29, 1.82) is 0 Å².